The fraction of sp³-hybridized carbons (Fsp3) is 0.611. The van der Waals surface area contributed by atoms with Gasteiger partial charge in [-0.15, -0.1) is 0 Å². The normalized spacial score (nSPS) is 28.2. The maximum absolute atomic E-state index is 12.6. The molecule has 0 radical (unpaired) electrons. The fourth-order valence-electron chi connectivity index (χ4n) is 3.99. The number of carbonyl (C=O) groups is 1. The average molecular weight is 356 g/mol. The van der Waals surface area contributed by atoms with Gasteiger partial charge in [0.25, 0.3) is 0 Å². The van der Waals surface area contributed by atoms with Gasteiger partial charge in [-0.25, -0.2) is 0 Å². The van der Waals surface area contributed by atoms with E-state index in [0.717, 1.165) is 12.0 Å². The van der Waals surface area contributed by atoms with Crippen molar-refractivity contribution in [2.75, 3.05) is 19.6 Å². The Balaban J connectivity index is 1.71. The van der Waals surface area contributed by atoms with E-state index in [-0.39, 0.29) is 11.5 Å². The van der Waals surface area contributed by atoms with Gasteiger partial charge in [-0.05, 0) is 30.4 Å². The number of alkyl halides is 3. The van der Waals surface area contributed by atoms with E-state index in [9.17, 15) is 23.1 Å². The third-order valence-corrected chi connectivity index (χ3v) is 5.20. The minimum atomic E-state index is -4.22. The van der Waals surface area contributed by atoms with E-state index in [0.29, 0.717) is 39.0 Å². The van der Waals surface area contributed by atoms with Crippen molar-refractivity contribution in [1.82, 2.24) is 10.2 Å². The Morgan fingerprint density at radius 2 is 2.08 bits per heavy atom. The molecule has 2 saturated heterocycles. The lowest BCUT2D eigenvalue weighted by Gasteiger charge is -2.47. The maximum atomic E-state index is 12.6. The second kappa shape index (κ2) is 6.96. The lowest BCUT2D eigenvalue weighted by Crippen LogP contribution is -2.61. The Morgan fingerprint density at radius 3 is 2.80 bits per heavy atom. The number of hydrogen-bond donors (Lipinski definition) is 2. The first-order chi connectivity index (χ1) is 11.8. The first-order valence-corrected chi connectivity index (χ1v) is 8.62. The summed E-state index contributed by atoms with van der Waals surface area (Å²) in [7, 11) is 0. The second-order valence-electron chi connectivity index (χ2n) is 7.14. The van der Waals surface area contributed by atoms with Crippen molar-refractivity contribution in [3.8, 4) is 0 Å². The Morgan fingerprint density at radius 1 is 1.32 bits per heavy atom. The third-order valence-electron chi connectivity index (χ3n) is 5.20. The van der Waals surface area contributed by atoms with E-state index in [1.54, 1.807) is 18.2 Å². The Bertz CT molecular complexity index is 635. The van der Waals surface area contributed by atoms with Crippen molar-refractivity contribution in [1.29, 1.82) is 0 Å². The molecule has 0 aliphatic carbocycles. The minimum Gasteiger partial charge on any atom is -0.392 e. The number of amides is 1. The van der Waals surface area contributed by atoms with Crippen molar-refractivity contribution < 1.29 is 23.1 Å². The lowest BCUT2D eigenvalue weighted by atomic mass is 9.71. The van der Waals surface area contributed by atoms with Crippen LogP contribution in [0.2, 0.25) is 0 Å². The quantitative estimate of drug-likeness (QED) is 0.874. The summed E-state index contributed by atoms with van der Waals surface area (Å²) in [5.41, 5.74) is 0.247. The molecule has 1 spiro atoms. The molecule has 138 valence electrons. The van der Waals surface area contributed by atoms with Gasteiger partial charge >= 0.3 is 6.18 Å². The number of aliphatic hydroxyl groups excluding tert-OH is 1. The summed E-state index contributed by atoms with van der Waals surface area (Å²) in [6.45, 7) is 2.17. The molecule has 2 heterocycles. The van der Waals surface area contributed by atoms with Crippen molar-refractivity contribution >= 4 is 5.91 Å². The largest absolute Gasteiger partial charge is 0.393 e. The van der Waals surface area contributed by atoms with Gasteiger partial charge in [0.2, 0.25) is 5.91 Å². The van der Waals surface area contributed by atoms with Gasteiger partial charge < -0.3 is 10.4 Å². The Hall–Kier alpha value is -1.60. The molecule has 1 unspecified atom stereocenters. The third kappa shape index (κ3) is 4.15. The Labute approximate surface area is 145 Å². The number of halogens is 3. The van der Waals surface area contributed by atoms with Crippen molar-refractivity contribution in [3.05, 3.63) is 35.4 Å². The zero-order valence-electron chi connectivity index (χ0n) is 14.0. The molecule has 3 rings (SSSR count). The highest BCUT2D eigenvalue weighted by Gasteiger charge is 2.49. The average Bonchev–Trinajstić information content (AvgIpc) is 2.52. The summed E-state index contributed by atoms with van der Waals surface area (Å²) in [5, 5.41) is 13.2. The van der Waals surface area contributed by atoms with Crippen LogP contribution in [-0.4, -0.2) is 47.8 Å². The molecule has 25 heavy (non-hydrogen) atoms. The van der Waals surface area contributed by atoms with E-state index in [2.05, 4.69) is 10.2 Å². The van der Waals surface area contributed by atoms with Crippen LogP contribution < -0.4 is 5.32 Å². The van der Waals surface area contributed by atoms with Crippen LogP contribution >= 0.6 is 0 Å². The lowest BCUT2D eigenvalue weighted by molar-refractivity contribution is -0.149. The summed E-state index contributed by atoms with van der Waals surface area (Å²) in [6.07, 6.45) is -3.86. The first kappa shape index (κ1) is 18.2. The topological polar surface area (TPSA) is 52.6 Å². The van der Waals surface area contributed by atoms with Gasteiger partial charge in [-0.3, -0.25) is 9.69 Å². The number of nitrogens with one attached hydrogen (secondary N) is 1. The van der Waals surface area contributed by atoms with Crippen LogP contribution in [-0.2, 0) is 17.8 Å². The van der Waals surface area contributed by atoms with Gasteiger partial charge in [0, 0.05) is 26.2 Å². The van der Waals surface area contributed by atoms with Gasteiger partial charge in [-0.1, -0.05) is 24.3 Å². The smallest absolute Gasteiger partial charge is 0.392 e. The van der Waals surface area contributed by atoms with Gasteiger partial charge in [0.15, 0.2) is 0 Å². The molecule has 1 aromatic carbocycles. The molecule has 2 N–H and O–H groups in total. The standard InChI is InChI=1S/C18H23F3N2O2/c19-18(20,21)10-13-3-1-4-14(9-13)11-23-8-5-15(24)17(12-23)6-2-7-22-16(17)25/h1,3-4,9,15,24H,2,5-8,10-12H2,(H,22,25)/t15?,17-/m1/s1. The molecule has 1 aromatic rings. The molecule has 0 saturated carbocycles. The van der Waals surface area contributed by atoms with Crippen molar-refractivity contribution in [2.24, 2.45) is 5.41 Å². The van der Waals surface area contributed by atoms with Crippen LogP contribution in [0, 0.1) is 5.41 Å². The monoisotopic (exact) mass is 356 g/mol. The molecule has 4 nitrogen and oxygen atoms in total. The Kier molecular flexibility index (Phi) is 5.06. The first-order valence-electron chi connectivity index (χ1n) is 8.62. The predicted molar refractivity (Wildman–Crippen MR) is 86.8 cm³/mol. The molecule has 0 aromatic heterocycles. The molecule has 0 bridgehead atoms. The summed E-state index contributed by atoms with van der Waals surface area (Å²) < 4.78 is 37.7. The molecule has 7 heteroatoms. The van der Waals surface area contributed by atoms with Crippen LogP contribution in [0.1, 0.15) is 30.4 Å². The summed E-state index contributed by atoms with van der Waals surface area (Å²) in [5.74, 6) is -0.109. The number of nitrogens with zero attached hydrogens (tertiary/aromatic N) is 1. The highest BCUT2D eigenvalue weighted by molar-refractivity contribution is 5.84. The van der Waals surface area contributed by atoms with Crippen LogP contribution in [0.3, 0.4) is 0 Å². The fourth-order valence-corrected chi connectivity index (χ4v) is 3.99. The minimum absolute atomic E-state index is 0.109. The number of likely N-dealkylation sites (tertiary alicyclic amines) is 1. The highest BCUT2D eigenvalue weighted by Crippen LogP contribution is 2.37. The molecule has 1 amide bonds. The molecule has 2 fully saturated rings. The molecule has 2 aliphatic heterocycles. The predicted octanol–water partition coefficient (Wildman–Crippen LogP) is 2.25. The van der Waals surface area contributed by atoms with E-state index in [4.69, 9.17) is 0 Å². The van der Waals surface area contributed by atoms with Crippen LogP contribution in [0.5, 0.6) is 0 Å². The van der Waals surface area contributed by atoms with E-state index < -0.39 is 24.1 Å². The van der Waals surface area contributed by atoms with Crippen LogP contribution in [0.4, 0.5) is 13.2 Å². The number of carbonyl (C=O) groups excluding carboxylic acids is 1. The van der Waals surface area contributed by atoms with Crippen LogP contribution in [0.15, 0.2) is 24.3 Å². The maximum Gasteiger partial charge on any atom is 0.393 e. The van der Waals surface area contributed by atoms with Crippen LogP contribution in [0.25, 0.3) is 0 Å². The number of aliphatic hydroxyl groups is 1. The van der Waals surface area contributed by atoms with Gasteiger partial charge in [-0.2, -0.15) is 13.2 Å². The SMILES string of the molecule is O=C1NCCC[C@]12CN(Cc1cccc(CC(F)(F)F)c1)CCC2O. The van der Waals surface area contributed by atoms with Gasteiger partial charge in [0.1, 0.15) is 0 Å². The number of benzene rings is 1. The van der Waals surface area contributed by atoms with E-state index in [1.165, 1.54) is 6.07 Å². The van der Waals surface area contributed by atoms with E-state index in [1.807, 2.05) is 0 Å². The second-order valence-corrected chi connectivity index (χ2v) is 7.14. The number of piperidine rings is 2. The van der Waals surface area contributed by atoms with Crippen molar-refractivity contribution in [2.45, 2.75) is 44.5 Å². The van der Waals surface area contributed by atoms with E-state index >= 15 is 0 Å². The zero-order valence-corrected chi connectivity index (χ0v) is 14.0. The number of rotatable bonds is 3. The summed E-state index contributed by atoms with van der Waals surface area (Å²) >= 11 is 0. The molecule has 2 atom stereocenters. The zero-order chi connectivity index (χ0) is 18.1. The molecule has 2 aliphatic rings. The van der Waals surface area contributed by atoms with Gasteiger partial charge in [0.05, 0.1) is 17.9 Å². The molecular formula is C18H23F3N2O2. The molecular weight excluding hydrogens is 333 g/mol. The number of hydrogen-bond acceptors (Lipinski definition) is 3. The van der Waals surface area contributed by atoms with Crippen molar-refractivity contribution in [3.63, 3.8) is 0 Å². The highest BCUT2D eigenvalue weighted by atomic mass is 19.4. The summed E-state index contributed by atoms with van der Waals surface area (Å²) in [6, 6.07) is 6.50. The summed E-state index contributed by atoms with van der Waals surface area (Å²) in [4.78, 5) is 14.4.